The van der Waals surface area contributed by atoms with Crippen LogP contribution in [0.3, 0.4) is 0 Å². The molecule has 20 heavy (non-hydrogen) atoms. The summed E-state index contributed by atoms with van der Waals surface area (Å²) in [5.41, 5.74) is 6.46. The van der Waals surface area contributed by atoms with Gasteiger partial charge in [0.15, 0.2) is 0 Å². The van der Waals surface area contributed by atoms with Crippen molar-refractivity contribution >= 4 is 11.5 Å². The van der Waals surface area contributed by atoms with E-state index in [1.165, 1.54) is 25.7 Å². The molecular formula is C16H29N3O. The third-order valence-corrected chi connectivity index (χ3v) is 3.22. The van der Waals surface area contributed by atoms with Gasteiger partial charge in [-0.05, 0) is 31.9 Å². The van der Waals surface area contributed by atoms with E-state index in [4.69, 9.17) is 10.5 Å². The van der Waals surface area contributed by atoms with Crippen LogP contribution in [0.25, 0.3) is 0 Å². The highest BCUT2D eigenvalue weighted by Crippen LogP contribution is 2.22. The molecule has 0 aliphatic rings. The Labute approximate surface area is 123 Å². The fraction of sp³-hybridized carbons (Fsp3) is 0.688. The highest BCUT2D eigenvalue weighted by molar-refractivity contribution is 5.53. The number of hydrogen-bond donors (Lipinski definition) is 2. The number of nitrogens with two attached hydrogens (primary N) is 1. The van der Waals surface area contributed by atoms with Crippen LogP contribution in [0, 0.1) is 0 Å². The van der Waals surface area contributed by atoms with Crippen molar-refractivity contribution in [3.63, 3.8) is 0 Å². The van der Waals surface area contributed by atoms with Crippen molar-refractivity contribution in [2.75, 3.05) is 17.7 Å². The fourth-order valence-corrected chi connectivity index (χ4v) is 2.05. The van der Waals surface area contributed by atoms with Gasteiger partial charge in [0, 0.05) is 6.04 Å². The molecular weight excluding hydrogens is 250 g/mol. The minimum Gasteiger partial charge on any atom is -0.476 e. The Balaban J connectivity index is 2.46. The summed E-state index contributed by atoms with van der Waals surface area (Å²) in [5, 5.41) is 3.42. The average molecular weight is 279 g/mol. The van der Waals surface area contributed by atoms with Gasteiger partial charge in [-0.25, -0.2) is 0 Å². The summed E-state index contributed by atoms with van der Waals surface area (Å²) in [6.45, 7) is 7.14. The lowest BCUT2D eigenvalue weighted by Gasteiger charge is -2.15. The van der Waals surface area contributed by atoms with Crippen molar-refractivity contribution < 1.29 is 4.74 Å². The Hall–Kier alpha value is -1.45. The van der Waals surface area contributed by atoms with Gasteiger partial charge in [-0.3, -0.25) is 0 Å². The number of aromatic nitrogens is 1. The zero-order valence-electron chi connectivity index (χ0n) is 13.1. The number of rotatable bonds is 10. The smallest absolute Gasteiger partial charge is 0.239 e. The molecule has 114 valence electrons. The molecule has 1 unspecified atom stereocenters. The molecule has 0 bridgehead atoms. The molecule has 0 aliphatic heterocycles. The maximum atomic E-state index is 5.86. The predicted molar refractivity (Wildman–Crippen MR) is 86.3 cm³/mol. The summed E-state index contributed by atoms with van der Waals surface area (Å²) < 4.78 is 5.55. The maximum absolute atomic E-state index is 5.86. The number of hydrogen-bond acceptors (Lipinski definition) is 4. The van der Waals surface area contributed by atoms with Gasteiger partial charge in [0.05, 0.1) is 12.3 Å². The lowest BCUT2D eigenvalue weighted by Crippen LogP contribution is -2.16. The molecule has 0 amide bonds. The summed E-state index contributed by atoms with van der Waals surface area (Å²) in [6.07, 6.45) is 7.28. The van der Waals surface area contributed by atoms with E-state index in [-0.39, 0.29) is 0 Å². The summed E-state index contributed by atoms with van der Waals surface area (Å²) in [4.78, 5) is 4.44. The van der Waals surface area contributed by atoms with E-state index in [0.717, 1.165) is 18.7 Å². The van der Waals surface area contributed by atoms with Gasteiger partial charge in [0.1, 0.15) is 5.82 Å². The second kappa shape index (κ2) is 9.45. The minimum absolute atomic E-state index is 0.419. The van der Waals surface area contributed by atoms with Crippen LogP contribution in [-0.2, 0) is 0 Å². The van der Waals surface area contributed by atoms with E-state index < -0.39 is 0 Å². The van der Waals surface area contributed by atoms with Crippen LogP contribution in [0.1, 0.15) is 59.3 Å². The van der Waals surface area contributed by atoms with E-state index in [2.05, 4.69) is 31.1 Å². The molecule has 0 saturated carbocycles. The standard InChI is InChI=1S/C16H29N3O/c1-4-6-7-8-9-13(3)18-15-11-10-14(17)16(19-15)20-12-5-2/h10-11,13H,4-9,12,17H2,1-3H3,(H,18,19). The van der Waals surface area contributed by atoms with E-state index in [1.807, 2.05) is 12.1 Å². The minimum atomic E-state index is 0.419. The molecule has 3 N–H and O–H groups in total. The molecule has 0 spiro atoms. The normalized spacial score (nSPS) is 12.2. The molecule has 1 rings (SSSR count). The van der Waals surface area contributed by atoms with Gasteiger partial charge in [0.2, 0.25) is 5.88 Å². The molecule has 1 aromatic heterocycles. The SMILES string of the molecule is CCCCCCC(C)Nc1ccc(N)c(OCCC)n1. The first-order valence-corrected chi connectivity index (χ1v) is 7.83. The fourth-order valence-electron chi connectivity index (χ4n) is 2.05. The monoisotopic (exact) mass is 279 g/mol. The number of ether oxygens (including phenoxy) is 1. The van der Waals surface area contributed by atoms with E-state index in [0.29, 0.717) is 24.2 Å². The Bertz CT molecular complexity index is 382. The maximum Gasteiger partial charge on any atom is 0.239 e. The van der Waals surface area contributed by atoms with Crippen LogP contribution in [0.4, 0.5) is 11.5 Å². The number of anilines is 2. The Morgan fingerprint density at radius 3 is 2.70 bits per heavy atom. The van der Waals surface area contributed by atoms with Gasteiger partial charge in [0.25, 0.3) is 0 Å². The molecule has 4 nitrogen and oxygen atoms in total. The third kappa shape index (κ3) is 6.13. The van der Waals surface area contributed by atoms with Crippen LogP contribution in [-0.4, -0.2) is 17.6 Å². The van der Waals surface area contributed by atoms with E-state index in [9.17, 15) is 0 Å². The number of nitrogen functional groups attached to an aromatic ring is 1. The van der Waals surface area contributed by atoms with Crippen molar-refractivity contribution in [1.29, 1.82) is 0 Å². The largest absolute Gasteiger partial charge is 0.476 e. The van der Waals surface area contributed by atoms with Crippen molar-refractivity contribution in [1.82, 2.24) is 4.98 Å². The molecule has 0 saturated heterocycles. The Kier molecular flexibility index (Phi) is 7.85. The zero-order chi connectivity index (χ0) is 14.8. The lowest BCUT2D eigenvalue weighted by atomic mass is 10.1. The molecule has 1 aromatic rings. The van der Waals surface area contributed by atoms with E-state index in [1.54, 1.807) is 0 Å². The first kappa shape index (κ1) is 16.6. The van der Waals surface area contributed by atoms with Crippen LogP contribution in [0.2, 0.25) is 0 Å². The molecule has 0 fully saturated rings. The predicted octanol–water partition coefficient (Wildman–Crippen LogP) is 4.22. The lowest BCUT2D eigenvalue weighted by molar-refractivity contribution is 0.307. The van der Waals surface area contributed by atoms with Crippen LogP contribution >= 0.6 is 0 Å². The second-order valence-electron chi connectivity index (χ2n) is 5.33. The zero-order valence-corrected chi connectivity index (χ0v) is 13.1. The van der Waals surface area contributed by atoms with Crippen molar-refractivity contribution in [3.05, 3.63) is 12.1 Å². The number of nitrogens with one attached hydrogen (secondary N) is 1. The molecule has 0 aliphatic carbocycles. The average Bonchev–Trinajstić information content (AvgIpc) is 2.44. The van der Waals surface area contributed by atoms with Gasteiger partial charge < -0.3 is 15.8 Å². The Morgan fingerprint density at radius 2 is 2.00 bits per heavy atom. The number of nitrogens with zero attached hydrogens (tertiary/aromatic N) is 1. The molecule has 4 heteroatoms. The summed E-state index contributed by atoms with van der Waals surface area (Å²) >= 11 is 0. The van der Waals surface area contributed by atoms with Crippen molar-refractivity contribution in [2.24, 2.45) is 0 Å². The van der Waals surface area contributed by atoms with Crippen molar-refractivity contribution in [2.45, 2.75) is 65.3 Å². The Morgan fingerprint density at radius 1 is 1.20 bits per heavy atom. The highest BCUT2D eigenvalue weighted by Gasteiger charge is 2.07. The van der Waals surface area contributed by atoms with E-state index >= 15 is 0 Å². The number of pyridine rings is 1. The first-order chi connectivity index (χ1) is 9.67. The molecule has 1 atom stereocenters. The second-order valence-corrected chi connectivity index (χ2v) is 5.33. The molecule has 0 aromatic carbocycles. The first-order valence-electron chi connectivity index (χ1n) is 7.83. The highest BCUT2D eigenvalue weighted by atomic mass is 16.5. The molecule has 0 radical (unpaired) electrons. The number of unbranched alkanes of at least 4 members (excludes halogenated alkanes) is 3. The third-order valence-electron chi connectivity index (χ3n) is 3.22. The van der Waals surface area contributed by atoms with Gasteiger partial charge >= 0.3 is 0 Å². The molecule has 1 heterocycles. The quantitative estimate of drug-likeness (QED) is 0.629. The van der Waals surface area contributed by atoms with Crippen LogP contribution in [0.5, 0.6) is 5.88 Å². The summed E-state index contributed by atoms with van der Waals surface area (Å²) in [5.74, 6) is 1.38. The van der Waals surface area contributed by atoms with Crippen LogP contribution in [0.15, 0.2) is 12.1 Å². The van der Waals surface area contributed by atoms with Gasteiger partial charge in [-0.15, -0.1) is 0 Å². The summed E-state index contributed by atoms with van der Waals surface area (Å²) in [7, 11) is 0. The van der Waals surface area contributed by atoms with Crippen LogP contribution < -0.4 is 15.8 Å². The van der Waals surface area contributed by atoms with Crippen molar-refractivity contribution in [3.8, 4) is 5.88 Å². The summed E-state index contributed by atoms with van der Waals surface area (Å²) in [6, 6.07) is 4.18. The van der Waals surface area contributed by atoms with Gasteiger partial charge in [-0.2, -0.15) is 4.98 Å². The topological polar surface area (TPSA) is 60.2 Å². The van der Waals surface area contributed by atoms with Gasteiger partial charge in [-0.1, -0.05) is 39.5 Å².